The molecular formula is C15H20FN. The average molecular weight is 233 g/mol. The van der Waals surface area contributed by atoms with Crippen LogP contribution in [-0.2, 0) is 0 Å². The Kier molecular flexibility index (Phi) is 3.63. The zero-order chi connectivity index (χ0) is 12.4. The van der Waals surface area contributed by atoms with E-state index >= 15 is 0 Å². The van der Waals surface area contributed by atoms with Crippen molar-refractivity contribution < 1.29 is 4.39 Å². The molecule has 92 valence electrons. The van der Waals surface area contributed by atoms with Crippen molar-refractivity contribution in [2.75, 3.05) is 20.1 Å². The van der Waals surface area contributed by atoms with Gasteiger partial charge in [0.2, 0.25) is 0 Å². The second kappa shape index (κ2) is 5.01. The molecule has 2 heteroatoms. The number of hydrogen-bond acceptors (Lipinski definition) is 1. The van der Waals surface area contributed by atoms with Crippen molar-refractivity contribution in [1.82, 2.24) is 4.90 Å². The number of halogens is 1. The minimum Gasteiger partial charge on any atom is -0.306 e. The van der Waals surface area contributed by atoms with E-state index in [1.807, 2.05) is 12.1 Å². The molecule has 1 saturated heterocycles. The molecule has 0 radical (unpaired) electrons. The number of benzene rings is 1. The largest absolute Gasteiger partial charge is 0.306 e. The van der Waals surface area contributed by atoms with Crippen LogP contribution >= 0.6 is 0 Å². The maximum atomic E-state index is 13.7. The molecule has 2 atom stereocenters. The van der Waals surface area contributed by atoms with Gasteiger partial charge in [-0.25, -0.2) is 4.39 Å². The molecule has 1 nitrogen and oxygen atoms in total. The van der Waals surface area contributed by atoms with Crippen molar-refractivity contribution in [2.45, 2.75) is 13.3 Å². The lowest BCUT2D eigenvalue weighted by molar-refractivity contribution is 0.372. The van der Waals surface area contributed by atoms with E-state index in [0.29, 0.717) is 17.4 Å². The molecule has 0 aliphatic carbocycles. The molecule has 1 aromatic rings. The Labute approximate surface area is 103 Å². The van der Waals surface area contributed by atoms with E-state index in [4.69, 9.17) is 0 Å². The summed E-state index contributed by atoms with van der Waals surface area (Å²) in [5.41, 5.74) is 1.61. The third kappa shape index (κ3) is 2.58. The summed E-state index contributed by atoms with van der Waals surface area (Å²) in [6, 6.07) is 6.93. The lowest BCUT2D eigenvalue weighted by Gasteiger charge is -2.22. The van der Waals surface area contributed by atoms with Gasteiger partial charge in [-0.1, -0.05) is 31.7 Å². The zero-order valence-corrected chi connectivity index (χ0v) is 10.6. The Morgan fingerprint density at radius 2 is 2.18 bits per heavy atom. The van der Waals surface area contributed by atoms with Crippen LogP contribution in [0.1, 0.15) is 18.9 Å². The molecule has 2 rings (SSSR count). The van der Waals surface area contributed by atoms with Crippen molar-refractivity contribution >= 4 is 5.57 Å². The first-order valence-electron chi connectivity index (χ1n) is 6.22. The molecule has 1 fully saturated rings. The van der Waals surface area contributed by atoms with Crippen molar-refractivity contribution in [3.63, 3.8) is 0 Å². The monoisotopic (exact) mass is 233 g/mol. The fourth-order valence-corrected chi connectivity index (χ4v) is 2.63. The first kappa shape index (κ1) is 12.3. The summed E-state index contributed by atoms with van der Waals surface area (Å²) in [6.45, 7) is 8.49. The Balaban J connectivity index is 2.12. The fraction of sp³-hybridized carbons (Fsp3) is 0.467. The van der Waals surface area contributed by atoms with Gasteiger partial charge in [-0.15, -0.1) is 0 Å². The molecule has 0 spiro atoms. The molecule has 0 saturated carbocycles. The van der Waals surface area contributed by atoms with Crippen LogP contribution in [0.5, 0.6) is 0 Å². The van der Waals surface area contributed by atoms with E-state index in [1.54, 1.807) is 6.07 Å². The minimum atomic E-state index is -0.157. The smallest absolute Gasteiger partial charge is 0.130 e. The molecule has 1 aliphatic rings. The molecule has 1 aliphatic heterocycles. The molecule has 17 heavy (non-hydrogen) atoms. The average Bonchev–Trinajstić information content (AvgIpc) is 2.75. The van der Waals surface area contributed by atoms with Crippen LogP contribution in [0.4, 0.5) is 4.39 Å². The second-order valence-corrected chi connectivity index (χ2v) is 5.10. The molecular weight excluding hydrogens is 213 g/mol. The number of rotatable bonds is 3. The van der Waals surface area contributed by atoms with Crippen molar-refractivity contribution in [3.8, 4) is 0 Å². The SMILES string of the molecule is C=C(c1ccccc1F)C(C)C1CCN(C)C1. The molecule has 1 aromatic carbocycles. The van der Waals surface area contributed by atoms with Gasteiger partial charge >= 0.3 is 0 Å². The highest BCUT2D eigenvalue weighted by molar-refractivity contribution is 5.65. The first-order valence-corrected chi connectivity index (χ1v) is 6.22. The van der Waals surface area contributed by atoms with Crippen LogP contribution < -0.4 is 0 Å². The summed E-state index contributed by atoms with van der Waals surface area (Å²) in [4.78, 5) is 2.33. The third-order valence-electron chi connectivity index (χ3n) is 3.90. The summed E-state index contributed by atoms with van der Waals surface area (Å²) < 4.78 is 13.7. The Morgan fingerprint density at radius 3 is 2.76 bits per heavy atom. The van der Waals surface area contributed by atoms with Gasteiger partial charge in [0.05, 0.1) is 0 Å². The number of likely N-dealkylation sites (tertiary alicyclic amines) is 1. The highest BCUT2D eigenvalue weighted by atomic mass is 19.1. The highest BCUT2D eigenvalue weighted by Gasteiger charge is 2.27. The van der Waals surface area contributed by atoms with Crippen LogP contribution in [0.25, 0.3) is 5.57 Å². The van der Waals surface area contributed by atoms with Crippen LogP contribution in [-0.4, -0.2) is 25.0 Å². The van der Waals surface area contributed by atoms with Gasteiger partial charge in [0.25, 0.3) is 0 Å². The van der Waals surface area contributed by atoms with Crippen LogP contribution in [0.3, 0.4) is 0 Å². The number of hydrogen-bond donors (Lipinski definition) is 0. The molecule has 2 unspecified atom stereocenters. The summed E-state index contributed by atoms with van der Waals surface area (Å²) in [5, 5.41) is 0. The molecule has 0 bridgehead atoms. The van der Waals surface area contributed by atoms with Crippen molar-refractivity contribution in [3.05, 3.63) is 42.2 Å². The van der Waals surface area contributed by atoms with Crippen molar-refractivity contribution in [2.24, 2.45) is 11.8 Å². The Hall–Kier alpha value is -1.15. The third-order valence-corrected chi connectivity index (χ3v) is 3.90. The van der Waals surface area contributed by atoms with E-state index in [9.17, 15) is 4.39 Å². The van der Waals surface area contributed by atoms with E-state index in [1.165, 1.54) is 12.5 Å². The summed E-state index contributed by atoms with van der Waals surface area (Å²) in [7, 11) is 2.14. The van der Waals surface area contributed by atoms with Crippen LogP contribution in [0, 0.1) is 17.7 Å². The molecule has 0 amide bonds. The number of nitrogens with zero attached hydrogens (tertiary/aromatic N) is 1. The Morgan fingerprint density at radius 1 is 1.47 bits per heavy atom. The maximum absolute atomic E-state index is 13.7. The van der Waals surface area contributed by atoms with Crippen LogP contribution in [0.2, 0.25) is 0 Å². The topological polar surface area (TPSA) is 3.24 Å². The zero-order valence-electron chi connectivity index (χ0n) is 10.6. The summed E-state index contributed by atoms with van der Waals surface area (Å²) in [6.07, 6.45) is 1.19. The predicted molar refractivity (Wildman–Crippen MR) is 70.2 cm³/mol. The highest BCUT2D eigenvalue weighted by Crippen LogP contribution is 2.33. The quantitative estimate of drug-likeness (QED) is 0.773. The van der Waals surface area contributed by atoms with Gasteiger partial charge in [-0.05, 0) is 43.5 Å². The van der Waals surface area contributed by atoms with E-state index < -0.39 is 0 Å². The summed E-state index contributed by atoms with van der Waals surface area (Å²) >= 11 is 0. The summed E-state index contributed by atoms with van der Waals surface area (Å²) in [5.74, 6) is 0.791. The van der Waals surface area contributed by atoms with Gasteiger partial charge in [-0.3, -0.25) is 0 Å². The lowest BCUT2D eigenvalue weighted by Crippen LogP contribution is -2.18. The normalized spacial score (nSPS) is 22.6. The Bertz CT molecular complexity index is 413. The molecule has 1 heterocycles. The first-order chi connectivity index (χ1) is 8.09. The molecule has 0 N–H and O–H groups in total. The predicted octanol–water partition coefficient (Wildman–Crippen LogP) is 3.43. The van der Waals surface area contributed by atoms with Crippen molar-refractivity contribution in [1.29, 1.82) is 0 Å². The lowest BCUT2D eigenvalue weighted by atomic mass is 9.84. The second-order valence-electron chi connectivity index (χ2n) is 5.10. The van der Waals surface area contributed by atoms with Gasteiger partial charge in [0, 0.05) is 12.1 Å². The van der Waals surface area contributed by atoms with Gasteiger partial charge in [0.1, 0.15) is 5.82 Å². The molecule has 0 aromatic heterocycles. The van der Waals surface area contributed by atoms with Gasteiger partial charge in [-0.2, -0.15) is 0 Å². The maximum Gasteiger partial charge on any atom is 0.130 e. The van der Waals surface area contributed by atoms with Crippen LogP contribution in [0.15, 0.2) is 30.8 Å². The standard InChI is InChI=1S/C15H20FN/c1-11(13-8-9-17(3)10-13)12(2)14-6-4-5-7-15(14)16/h4-7,11,13H,2,8-10H2,1,3H3. The van der Waals surface area contributed by atoms with E-state index in [-0.39, 0.29) is 5.82 Å². The minimum absolute atomic E-state index is 0.157. The van der Waals surface area contributed by atoms with Gasteiger partial charge in [0.15, 0.2) is 0 Å². The number of allylic oxidation sites excluding steroid dienone is 1. The fourth-order valence-electron chi connectivity index (χ4n) is 2.63. The van der Waals surface area contributed by atoms with E-state index in [0.717, 1.165) is 18.7 Å². The van der Waals surface area contributed by atoms with Gasteiger partial charge < -0.3 is 4.90 Å². The van der Waals surface area contributed by atoms with E-state index in [2.05, 4.69) is 25.5 Å².